The first kappa shape index (κ1) is 22.8. The molecule has 0 unspecified atom stereocenters. The minimum atomic E-state index is -1.23. The SMILES string of the molecule is CC(C)(C)C[C@H](OC(N)=O)C(=O)N[C@H]1C(=O)Nc2cccc(F)c2OC12CCOCC2. The molecule has 170 valence electrons. The van der Waals surface area contributed by atoms with Crippen LogP contribution in [-0.2, 0) is 19.1 Å². The zero-order valence-corrected chi connectivity index (χ0v) is 17.8. The molecule has 4 N–H and O–H groups in total. The summed E-state index contributed by atoms with van der Waals surface area (Å²) in [4.78, 5) is 37.5. The Labute approximate surface area is 179 Å². The third kappa shape index (κ3) is 5.25. The molecule has 1 spiro atoms. The van der Waals surface area contributed by atoms with Crippen molar-refractivity contribution in [3.05, 3.63) is 24.0 Å². The van der Waals surface area contributed by atoms with E-state index in [1.807, 2.05) is 20.8 Å². The van der Waals surface area contributed by atoms with Gasteiger partial charge in [-0.25, -0.2) is 9.18 Å². The van der Waals surface area contributed by atoms with E-state index in [2.05, 4.69) is 10.6 Å². The molecule has 9 nitrogen and oxygen atoms in total. The van der Waals surface area contributed by atoms with Crippen LogP contribution >= 0.6 is 0 Å². The van der Waals surface area contributed by atoms with Gasteiger partial charge in [0.25, 0.3) is 11.8 Å². The van der Waals surface area contributed by atoms with E-state index >= 15 is 0 Å². The van der Waals surface area contributed by atoms with Crippen molar-refractivity contribution in [2.45, 2.75) is 57.8 Å². The van der Waals surface area contributed by atoms with Crippen LogP contribution in [0.2, 0.25) is 0 Å². The Balaban J connectivity index is 1.93. The van der Waals surface area contributed by atoms with Crippen molar-refractivity contribution in [1.29, 1.82) is 0 Å². The summed E-state index contributed by atoms with van der Waals surface area (Å²) in [5.41, 5.74) is 3.72. The fourth-order valence-corrected chi connectivity index (χ4v) is 3.84. The maximum Gasteiger partial charge on any atom is 0.405 e. The van der Waals surface area contributed by atoms with Gasteiger partial charge in [0.2, 0.25) is 0 Å². The van der Waals surface area contributed by atoms with E-state index < -0.39 is 41.5 Å². The number of hydrogen-bond donors (Lipinski definition) is 3. The van der Waals surface area contributed by atoms with Crippen LogP contribution < -0.4 is 21.1 Å². The molecule has 0 saturated carbocycles. The third-order valence-corrected chi connectivity index (χ3v) is 5.29. The zero-order valence-electron chi connectivity index (χ0n) is 17.8. The van der Waals surface area contributed by atoms with Gasteiger partial charge in [-0.1, -0.05) is 26.8 Å². The first-order chi connectivity index (χ1) is 14.5. The van der Waals surface area contributed by atoms with E-state index in [0.717, 1.165) is 0 Å². The molecule has 3 rings (SSSR count). The largest absolute Gasteiger partial charge is 0.479 e. The molecular formula is C21H28FN3O6. The van der Waals surface area contributed by atoms with E-state index in [-0.39, 0.29) is 49.3 Å². The third-order valence-electron chi connectivity index (χ3n) is 5.29. The monoisotopic (exact) mass is 437 g/mol. The summed E-state index contributed by atoms with van der Waals surface area (Å²) in [6, 6.07) is 3.03. The number of rotatable bonds is 4. The number of nitrogens with one attached hydrogen (secondary N) is 2. The number of primary amides is 1. The summed E-state index contributed by atoms with van der Waals surface area (Å²) in [5.74, 6) is -1.96. The highest BCUT2D eigenvalue weighted by Crippen LogP contribution is 2.40. The first-order valence-electron chi connectivity index (χ1n) is 10.1. The average molecular weight is 437 g/mol. The van der Waals surface area contributed by atoms with Gasteiger partial charge in [-0.15, -0.1) is 0 Å². The quantitative estimate of drug-likeness (QED) is 0.662. The van der Waals surface area contributed by atoms with Crippen LogP contribution in [0.15, 0.2) is 18.2 Å². The smallest absolute Gasteiger partial charge is 0.405 e. The molecule has 0 aromatic heterocycles. The van der Waals surface area contributed by atoms with Crippen molar-refractivity contribution in [2.24, 2.45) is 11.1 Å². The van der Waals surface area contributed by atoms with Crippen LogP contribution in [0.5, 0.6) is 5.75 Å². The molecule has 31 heavy (non-hydrogen) atoms. The number of carbonyl (C=O) groups is 3. The molecule has 2 heterocycles. The number of carbonyl (C=O) groups excluding carboxylic acids is 3. The maximum atomic E-state index is 14.5. The summed E-state index contributed by atoms with van der Waals surface area (Å²) in [6.07, 6.45) is -1.62. The highest BCUT2D eigenvalue weighted by molar-refractivity contribution is 6.00. The topological polar surface area (TPSA) is 129 Å². The molecular weight excluding hydrogens is 409 g/mol. The van der Waals surface area contributed by atoms with Crippen LogP contribution in [-0.4, -0.2) is 48.9 Å². The number of hydrogen-bond acceptors (Lipinski definition) is 6. The summed E-state index contributed by atoms with van der Waals surface area (Å²) in [7, 11) is 0. The maximum absolute atomic E-state index is 14.5. The number of nitrogens with two attached hydrogens (primary N) is 1. The van der Waals surface area contributed by atoms with Gasteiger partial charge in [0.05, 0.1) is 18.9 Å². The van der Waals surface area contributed by atoms with Gasteiger partial charge in [-0.3, -0.25) is 9.59 Å². The number of anilines is 1. The lowest BCUT2D eigenvalue weighted by Gasteiger charge is -2.41. The van der Waals surface area contributed by atoms with Crippen LogP contribution in [0.25, 0.3) is 0 Å². The van der Waals surface area contributed by atoms with Crippen molar-refractivity contribution in [2.75, 3.05) is 18.5 Å². The molecule has 0 radical (unpaired) electrons. The van der Waals surface area contributed by atoms with Crippen LogP contribution in [0.1, 0.15) is 40.0 Å². The molecule has 2 aliphatic rings. The molecule has 1 aromatic rings. The molecule has 1 saturated heterocycles. The standard InChI is InChI=1S/C21H28FN3O6/c1-20(2,3)11-14(30-19(23)28)17(26)25-16-18(27)24-13-6-4-5-12(22)15(13)31-21(16)7-9-29-10-8-21/h4-6,14,16H,7-11H2,1-3H3,(H2,23,28)(H,24,27)(H,25,26)/t14-,16-/m0/s1. The van der Waals surface area contributed by atoms with E-state index in [0.29, 0.717) is 0 Å². The summed E-state index contributed by atoms with van der Waals surface area (Å²) in [5, 5.41) is 5.29. The van der Waals surface area contributed by atoms with Gasteiger partial charge >= 0.3 is 6.09 Å². The normalized spacial score (nSPS) is 21.2. The number of ether oxygens (including phenoxy) is 3. The van der Waals surface area contributed by atoms with Crippen molar-refractivity contribution in [3.8, 4) is 5.75 Å². The number of para-hydroxylation sites is 1. The van der Waals surface area contributed by atoms with E-state index in [1.165, 1.54) is 18.2 Å². The molecule has 1 aromatic carbocycles. The Morgan fingerprint density at radius 1 is 1.35 bits per heavy atom. The van der Waals surface area contributed by atoms with Crippen molar-refractivity contribution >= 4 is 23.6 Å². The minimum Gasteiger partial charge on any atom is -0.479 e. The molecule has 10 heteroatoms. The number of fused-ring (bicyclic) bond motifs is 1. The first-order valence-corrected chi connectivity index (χ1v) is 10.1. The van der Waals surface area contributed by atoms with Gasteiger partial charge in [0, 0.05) is 12.8 Å². The average Bonchev–Trinajstić information content (AvgIpc) is 2.77. The molecule has 3 amide bonds. The Bertz CT molecular complexity index is 863. The highest BCUT2D eigenvalue weighted by Gasteiger charge is 2.50. The minimum absolute atomic E-state index is 0.0888. The fourth-order valence-electron chi connectivity index (χ4n) is 3.84. The van der Waals surface area contributed by atoms with Gasteiger partial charge in [-0.05, 0) is 24.0 Å². The van der Waals surface area contributed by atoms with E-state index in [4.69, 9.17) is 19.9 Å². The number of halogens is 1. The van der Waals surface area contributed by atoms with E-state index in [1.54, 1.807) is 0 Å². The van der Waals surface area contributed by atoms with Gasteiger partial charge in [0.15, 0.2) is 17.7 Å². The second kappa shape index (κ2) is 8.70. The highest BCUT2D eigenvalue weighted by atomic mass is 19.1. The Kier molecular flexibility index (Phi) is 6.40. The van der Waals surface area contributed by atoms with Gasteiger partial charge < -0.3 is 30.6 Å². The molecule has 1 fully saturated rings. The van der Waals surface area contributed by atoms with E-state index in [9.17, 15) is 18.8 Å². The Morgan fingerprint density at radius 2 is 2.03 bits per heavy atom. The zero-order chi connectivity index (χ0) is 22.8. The Morgan fingerprint density at radius 3 is 2.65 bits per heavy atom. The summed E-state index contributed by atoms with van der Waals surface area (Å²) in [6.45, 7) is 6.16. The Hall–Kier alpha value is -2.88. The summed E-state index contributed by atoms with van der Waals surface area (Å²) >= 11 is 0. The van der Waals surface area contributed by atoms with Gasteiger partial charge in [0.1, 0.15) is 11.6 Å². The van der Waals surface area contributed by atoms with Crippen molar-refractivity contribution < 1.29 is 33.0 Å². The molecule has 2 aliphatic heterocycles. The molecule has 2 atom stereocenters. The predicted octanol–water partition coefficient (Wildman–Crippen LogP) is 2.09. The van der Waals surface area contributed by atoms with Gasteiger partial charge in [-0.2, -0.15) is 0 Å². The van der Waals surface area contributed by atoms with Crippen LogP contribution in [0, 0.1) is 11.2 Å². The molecule has 0 aliphatic carbocycles. The van der Waals surface area contributed by atoms with Crippen LogP contribution in [0.4, 0.5) is 14.9 Å². The summed E-state index contributed by atoms with van der Waals surface area (Å²) < 4.78 is 31.0. The fraction of sp³-hybridized carbons (Fsp3) is 0.571. The van der Waals surface area contributed by atoms with Crippen LogP contribution in [0.3, 0.4) is 0 Å². The second-order valence-corrected chi connectivity index (χ2v) is 9.02. The lowest BCUT2D eigenvalue weighted by molar-refractivity contribution is -0.141. The second-order valence-electron chi connectivity index (χ2n) is 9.02. The predicted molar refractivity (Wildman–Crippen MR) is 109 cm³/mol. The van der Waals surface area contributed by atoms with Crippen molar-refractivity contribution in [3.63, 3.8) is 0 Å². The number of benzene rings is 1. The molecule has 0 bridgehead atoms. The lowest BCUT2D eigenvalue weighted by atomic mass is 9.84. The van der Waals surface area contributed by atoms with Crippen molar-refractivity contribution in [1.82, 2.24) is 5.32 Å². The lowest BCUT2D eigenvalue weighted by Crippen LogP contribution is -2.63. The number of amides is 3.